The summed E-state index contributed by atoms with van der Waals surface area (Å²) in [5.74, 6) is -3.93. The monoisotopic (exact) mass is 435 g/mol. The third-order valence-electron chi connectivity index (χ3n) is 7.07. The van der Waals surface area contributed by atoms with Gasteiger partial charge in [0.1, 0.15) is 24.2 Å². The Hall–Kier alpha value is -2.23. The number of carbonyl (C=O) groups excluding carboxylic acids is 2. The van der Waals surface area contributed by atoms with E-state index in [-0.39, 0.29) is 37.3 Å². The minimum absolute atomic E-state index is 0.0727. The Bertz CT molecular complexity index is 865. The zero-order valence-electron chi connectivity index (χ0n) is 17.5. The Morgan fingerprint density at radius 2 is 1.97 bits per heavy atom. The highest BCUT2D eigenvalue weighted by Crippen LogP contribution is 2.58. The van der Waals surface area contributed by atoms with Gasteiger partial charge in [-0.25, -0.2) is 0 Å². The number of hydrogen-bond donors (Lipinski definition) is 3. The van der Waals surface area contributed by atoms with Crippen LogP contribution in [0.3, 0.4) is 0 Å². The van der Waals surface area contributed by atoms with Gasteiger partial charge in [-0.15, -0.1) is 0 Å². The van der Waals surface area contributed by atoms with E-state index in [0.717, 1.165) is 0 Å². The topological polar surface area (TPSA) is 138 Å². The first-order valence-electron chi connectivity index (χ1n) is 10.9. The number of furan rings is 1. The van der Waals surface area contributed by atoms with Crippen LogP contribution in [0.1, 0.15) is 63.1 Å². The van der Waals surface area contributed by atoms with E-state index in [1.165, 1.54) is 4.90 Å². The molecular weight excluding hydrogens is 406 g/mol. The van der Waals surface area contributed by atoms with Crippen LogP contribution in [0, 0.1) is 23.7 Å². The molecule has 3 heterocycles. The number of carbonyl (C=O) groups is 3. The lowest BCUT2D eigenvalue weighted by Crippen LogP contribution is -2.52. The Balaban J connectivity index is 1.48. The molecule has 1 aliphatic carbocycles. The van der Waals surface area contributed by atoms with E-state index >= 15 is 0 Å². The smallest absolute Gasteiger partial charge is 0.303 e. The number of nitrogens with zero attached hydrogens (tertiary/aromatic N) is 1. The summed E-state index contributed by atoms with van der Waals surface area (Å²) in [6.07, 6.45) is 1.93. The lowest BCUT2D eigenvalue weighted by Gasteiger charge is -2.43. The van der Waals surface area contributed by atoms with E-state index in [1.54, 1.807) is 12.1 Å². The maximum absolute atomic E-state index is 13.2. The maximum Gasteiger partial charge on any atom is 0.303 e. The van der Waals surface area contributed by atoms with Crippen molar-refractivity contribution < 1.29 is 38.9 Å². The number of imide groups is 1. The largest absolute Gasteiger partial charge is 0.481 e. The second-order valence-corrected chi connectivity index (χ2v) is 8.96. The molecule has 170 valence electrons. The summed E-state index contributed by atoms with van der Waals surface area (Å²) in [7, 11) is 0. The summed E-state index contributed by atoms with van der Waals surface area (Å²) in [5, 5.41) is 29.3. The fourth-order valence-corrected chi connectivity index (χ4v) is 5.48. The van der Waals surface area contributed by atoms with Crippen molar-refractivity contribution in [3.8, 4) is 0 Å². The van der Waals surface area contributed by atoms with Gasteiger partial charge in [0, 0.05) is 24.8 Å². The molecule has 6 atom stereocenters. The van der Waals surface area contributed by atoms with Crippen LogP contribution in [-0.2, 0) is 25.7 Å². The van der Waals surface area contributed by atoms with Crippen LogP contribution in [0.2, 0.25) is 0 Å². The van der Waals surface area contributed by atoms with Crippen LogP contribution in [-0.4, -0.2) is 50.3 Å². The van der Waals surface area contributed by atoms with Crippen LogP contribution in [0.4, 0.5) is 0 Å². The van der Waals surface area contributed by atoms with Gasteiger partial charge in [-0.1, -0.05) is 13.3 Å². The molecule has 9 nitrogen and oxygen atoms in total. The SMILES string of the molecule is C[C@H]1C[C@@H]2C(=O)N(CCCCCC(=O)O)C(=O)[C@@H]2[C@@H]2C[C@@H](c3ccc(CO)o3)O[C@]12O. The maximum atomic E-state index is 13.2. The standard InChI is InChI=1S/C22H29NO8/c1-12-9-14-19(21(28)23(20(14)27)8-4-2-3-5-18(25)26)15-10-17(31-22(12,15)29)16-7-6-13(11-24)30-16/h6-7,12,14-15,17,19,24,29H,2-5,8-11H2,1H3,(H,25,26)/t12-,14-,15-,17-,19-,22+/m0/s1. The first kappa shape index (κ1) is 22.0. The lowest BCUT2D eigenvalue weighted by atomic mass is 9.65. The van der Waals surface area contributed by atoms with Crippen LogP contribution >= 0.6 is 0 Å². The van der Waals surface area contributed by atoms with Crippen LogP contribution in [0.25, 0.3) is 0 Å². The quantitative estimate of drug-likeness (QED) is 0.415. The van der Waals surface area contributed by atoms with Crippen molar-refractivity contribution in [2.75, 3.05) is 6.54 Å². The summed E-state index contributed by atoms with van der Waals surface area (Å²) in [6.45, 7) is 1.86. The van der Waals surface area contributed by atoms with Gasteiger partial charge >= 0.3 is 5.97 Å². The molecule has 0 spiro atoms. The minimum Gasteiger partial charge on any atom is -0.481 e. The number of amides is 2. The summed E-state index contributed by atoms with van der Waals surface area (Å²) in [4.78, 5) is 38.1. The highest BCUT2D eigenvalue weighted by molar-refractivity contribution is 6.05. The molecule has 3 aliphatic rings. The van der Waals surface area contributed by atoms with E-state index < -0.39 is 35.6 Å². The number of likely N-dealkylation sites (tertiary alicyclic amines) is 1. The Kier molecular flexibility index (Phi) is 5.93. The highest BCUT2D eigenvalue weighted by Gasteiger charge is 2.65. The van der Waals surface area contributed by atoms with Crippen molar-refractivity contribution in [1.82, 2.24) is 4.90 Å². The third-order valence-corrected chi connectivity index (χ3v) is 7.07. The fourth-order valence-electron chi connectivity index (χ4n) is 5.48. The first-order valence-corrected chi connectivity index (χ1v) is 10.9. The van der Waals surface area contributed by atoms with E-state index in [9.17, 15) is 24.6 Å². The number of aliphatic carboxylic acids is 1. The molecule has 2 aliphatic heterocycles. The summed E-state index contributed by atoms with van der Waals surface area (Å²) in [6, 6.07) is 3.34. The summed E-state index contributed by atoms with van der Waals surface area (Å²) in [5.41, 5.74) is 0. The summed E-state index contributed by atoms with van der Waals surface area (Å²) < 4.78 is 11.6. The molecule has 1 aromatic rings. The van der Waals surface area contributed by atoms with Gasteiger partial charge in [0.15, 0.2) is 5.79 Å². The number of aliphatic hydroxyl groups is 2. The van der Waals surface area contributed by atoms with Crippen molar-refractivity contribution in [2.45, 2.75) is 63.9 Å². The van der Waals surface area contributed by atoms with Crippen LogP contribution in [0.15, 0.2) is 16.5 Å². The Labute approximate surface area is 180 Å². The van der Waals surface area contributed by atoms with E-state index in [0.29, 0.717) is 43.6 Å². The van der Waals surface area contributed by atoms with Gasteiger partial charge < -0.3 is 24.5 Å². The predicted octanol–water partition coefficient (Wildman–Crippen LogP) is 1.82. The normalized spacial score (nSPS) is 34.8. The number of ether oxygens (including phenoxy) is 1. The van der Waals surface area contributed by atoms with Gasteiger partial charge in [0.05, 0.1) is 11.8 Å². The van der Waals surface area contributed by atoms with E-state index in [1.807, 2.05) is 6.92 Å². The minimum atomic E-state index is -1.52. The Morgan fingerprint density at radius 3 is 2.65 bits per heavy atom. The van der Waals surface area contributed by atoms with Crippen molar-refractivity contribution in [2.24, 2.45) is 23.7 Å². The average Bonchev–Trinajstić information content (AvgIpc) is 3.39. The number of unbranched alkanes of at least 4 members (excludes halogenated alkanes) is 2. The predicted molar refractivity (Wildman–Crippen MR) is 105 cm³/mol. The zero-order chi connectivity index (χ0) is 22.3. The van der Waals surface area contributed by atoms with Crippen molar-refractivity contribution in [3.05, 3.63) is 23.7 Å². The number of aliphatic hydroxyl groups excluding tert-OH is 1. The van der Waals surface area contributed by atoms with Gasteiger partial charge in [-0.05, 0) is 37.8 Å². The molecule has 1 saturated carbocycles. The number of rotatable bonds is 8. The number of fused-ring (bicyclic) bond motifs is 3. The highest BCUT2D eigenvalue weighted by atomic mass is 16.6. The molecule has 3 N–H and O–H groups in total. The van der Waals surface area contributed by atoms with Gasteiger partial charge in [-0.3, -0.25) is 19.3 Å². The molecule has 0 radical (unpaired) electrons. The molecule has 0 bridgehead atoms. The van der Waals surface area contributed by atoms with Crippen molar-refractivity contribution in [1.29, 1.82) is 0 Å². The second kappa shape index (κ2) is 8.37. The number of carboxylic acids is 1. The molecular formula is C22H29NO8. The van der Waals surface area contributed by atoms with Gasteiger partial charge in [0.25, 0.3) is 0 Å². The molecule has 2 amide bonds. The second-order valence-electron chi connectivity index (χ2n) is 8.96. The van der Waals surface area contributed by atoms with Crippen LogP contribution in [0.5, 0.6) is 0 Å². The number of hydrogen-bond acceptors (Lipinski definition) is 7. The molecule has 3 fully saturated rings. The first-order chi connectivity index (χ1) is 14.8. The van der Waals surface area contributed by atoms with Gasteiger partial charge in [-0.2, -0.15) is 0 Å². The fraction of sp³-hybridized carbons (Fsp3) is 0.682. The van der Waals surface area contributed by atoms with Gasteiger partial charge in [0.2, 0.25) is 11.8 Å². The Morgan fingerprint density at radius 1 is 1.19 bits per heavy atom. The third kappa shape index (κ3) is 3.79. The van der Waals surface area contributed by atoms with Crippen LogP contribution < -0.4 is 0 Å². The molecule has 31 heavy (non-hydrogen) atoms. The molecule has 9 heteroatoms. The summed E-state index contributed by atoms with van der Waals surface area (Å²) >= 11 is 0. The molecule has 4 rings (SSSR count). The molecule has 0 aromatic carbocycles. The van der Waals surface area contributed by atoms with Crippen molar-refractivity contribution in [3.63, 3.8) is 0 Å². The van der Waals surface area contributed by atoms with E-state index in [4.69, 9.17) is 14.3 Å². The van der Waals surface area contributed by atoms with Crippen molar-refractivity contribution >= 4 is 17.8 Å². The average molecular weight is 435 g/mol. The zero-order valence-corrected chi connectivity index (χ0v) is 17.5. The molecule has 0 unspecified atom stereocenters. The molecule has 1 aromatic heterocycles. The lowest BCUT2D eigenvalue weighted by molar-refractivity contribution is -0.266. The van der Waals surface area contributed by atoms with E-state index in [2.05, 4.69) is 0 Å². The number of carboxylic acid groups (broad SMARTS) is 1. The molecule has 2 saturated heterocycles.